The molecular formula is C13H18ClNO4S. The highest BCUT2D eigenvalue weighted by Crippen LogP contribution is 2.25. The molecule has 0 bridgehead atoms. The van der Waals surface area contributed by atoms with Crippen LogP contribution in [0, 0.1) is 0 Å². The van der Waals surface area contributed by atoms with Crippen molar-refractivity contribution in [1.29, 1.82) is 0 Å². The molecule has 0 saturated carbocycles. The molecule has 2 rings (SSSR count). The average Bonchev–Trinajstić information content (AvgIpc) is 2.38. The molecule has 1 aliphatic rings. The Labute approximate surface area is 124 Å². The third-order valence-corrected chi connectivity index (χ3v) is 5.48. The van der Waals surface area contributed by atoms with Gasteiger partial charge < -0.3 is 9.84 Å². The quantitative estimate of drug-likeness (QED) is 0.885. The lowest BCUT2D eigenvalue weighted by molar-refractivity contribution is 0.0537. The second kappa shape index (κ2) is 5.99. The van der Waals surface area contributed by atoms with Crippen LogP contribution in [-0.4, -0.2) is 32.3 Å². The molecule has 20 heavy (non-hydrogen) atoms. The Hall–Kier alpha value is -0.660. The van der Waals surface area contributed by atoms with Crippen molar-refractivity contribution in [2.75, 3.05) is 13.2 Å². The number of aliphatic hydroxyl groups excluding tert-OH is 1. The summed E-state index contributed by atoms with van der Waals surface area (Å²) in [5.41, 5.74) is -0.109. The van der Waals surface area contributed by atoms with E-state index in [4.69, 9.17) is 21.4 Å². The second-order valence-corrected chi connectivity index (χ2v) is 7.28. The first-order valence-electron chi connectivity index (χ1n) is 6.37. The van der Waals surface area contributed by atoms with E-state index in [2.05, 4.69) is 4.72 Å². The number of aliphatic hydroxyl groups is 1. The summed E-state index contributed by atoms with van der Waals surface area (Å²) in [6.45, 7) is 2.66. The van der Waals surface area contributed by atoms with Gasteiger partial charge >= 0.3 is 0 Å². The van der Waals surface area contributed by atoms with Crippen molar-refractivity contribution >= 4 is 21.6 Å². The fraction of sp³-hybridized carbons (Fsp3) is 0.538. The van der Waals surface area contributed by atoms with Crippen molar-refractivity contribution in [2.45, 2.75) is 36.8 Å². The average molecular weight is 320 g/mol. The van der Waals surface area contributed by atoms with Gasteiger partial charge in [0.15, 0.2) is 0 Å². The van der Waals surface area contributed by atoms with Crippen molar-refractivity contribution in [3.05, 3.63) is 28.8 Å². The van der Waals surface area contributed by atoms with Crippen molar-refractivity contribution in [2.24, 2.45) is 0 Å². The number of ether oxygens (including phenoxy) is 1. The van der Waals surface area contributed by atoms with Crippen molar-refractivity contribution in [3.63, 3.8) is 0 Å². The van der Waals surface area contributed by atoms with Gasteiger partial charge in [-0.05, 0) is 43.5 Å². The Morgan fingerprint density at radius 1 is 1.40 bits per heavy atom. The number of benzene rings is 1. The molecule has 7 heteroatoms. The molecule has 5 nitrogen and oxygen atoms in total. The van der Waals surface area contributed by atoms with Gasteiger partial charge in [0.2, 0.25) is 10.0 Å². The first-order chi connectivity index (χ1) is 9.36. The number of rotatable bonds is 4. The Morgan fingerprint density at radius 3 is 2.65 bits per heavy atom. The molecule has 1 fully saturated rings. The minimum absolute atomic E-state index is 0.110. The van der Waals surface area contributed by atoms with Crippen LogP contribution in [0.1, 0.15) is 25.3 Å². The molecule has 0 atom stereocenters. The fourth-order valence-corrected chi connectivity index (χ4v) is 3.84. The number of hydrogen-bond acceptors (Lipinski definition) is 4. The Morgan fingerprint density at radius 2 is 2.05 bits per heavy atom. The summed E-state index contributed by atoms with van der Waals surface area (Å²) in [4.78, 5) is 0.110. The minimum atomic E-state index is -3.64. The minimum Gasteiger partial charge on any atom is -0.392 e. The van der Waals surface area contributed by atoms with Crippen molar-refractivity contribution < 1.29 is 18.3 Å². The molecule has 0 aliphatic carbocycles. The van der Waals surface area contributed by atoms with Crippen LogP contribution in [0.2, 0.25) is 5.02 Å². The standard InChI is InChI=1S/C13H18ClNO4S/c1-13(4-6-19-7-5-13)15-20(17,18)11-2-3-12(14)10(8-11)9-16/h2-3,8,15-16H,4-7,9H2,1H3. The van der Waals surface area contributed by atoms with Crippen LogP contribution in [0.5, 0.6) is 0 Å². The molecule has 0 unspecified atom stereocenters. The SMILES string of the molecule is CC1(NS(=O)(=O)c2ccc(Cl)c(CO)c2)CCOCC1. The monoisotopic (exact) mass is 319 g/mol. The van der Waals surface area contributed by atoms with E-state index in [1.54, 1.807) is 0 Å². The summed E-state index contributed by atoms with van der Waals surface area (Å²) in [6, 6.07) is 4.31. The van der Waals surface area contributed by atoms with E-state index in [0.29, 0.717) is 36.6 Å². The topological polar surface area (TPSA) is 75.6 Å². The second-order valence-electron chi connectivity index (χ2n) is 5.19. The van der Waals surface area contributed by atoms with E-state index in [-0.39, 0.29) is 11.5 Å². The van der Waals surface area contributed by atoms with E-state index in [1.165, 1.54) is 18.2 Å². The van der Waals surface area contributed by atoms with E-state index in [1.807, 2.05) is 6.92 Å². The highest BCUT2D eigenvalue weighted by Gasteiger charge is 2.32. The number of hydrogen-bond donors (Lipinski definition) is 2. The highest BCUT2D eigenvalue weighted by atomic mass is 35.5. The summed E-state index contributed by atoms with van der Waals surface area (Å²) in [6.07, 6.45) is 1.26. The zero-order valence-electron chi connectivity index (χ0n) is 11.2. The van der Waals surface area contributed by atoms with Gasteiger partial charge in [-0.3, -0.25) is 0 Å². The predicted octanol–water partition coefficient (Wildman–Crippen LogP) is 1.68. The molecule has 1 saturated heterocycles. The molecule has 0 spiro atoms. The van der Waals surface area contributed by atoms with Crippen LogP contribution in [0.4, 0.5) is 0 Å². The molecule has 2 N–H and O–H groups in total. The van der Waals surface area contributed by atoms with Gasteiger partial charge in [0, 0.05) is 23.8 Å². The maximum absolute atomic E-state index is 12.4. The lowest BCUT2D eigenvalue weighted by atomic mass is 9.94. The molecular weight excluding hydrogens is 302 g/mol. The summed E-state index contributed by atoms with van der Waals surface area (Å²) in [5.74, 6) is 0. The third kappa shape index (κ3) is 3.51. The maximum atomic E-state index is 12.4. The molecule has 0 radical (unpaired) electrons. The fourth-order valence-electron chi connectivity index (χ4n) is 2.15. The predicted molar refractivity (Wildman–Crippen MR) is 76.2 cm³/mol. The molecule has 0 amide bonds. The molecule has 0 aromatic heterocycles. The van der Waals surface area contributed by atoms with Gasteiger partial charge in [0.1, 0.15) is 0 Å². The molecule has 112 valence electrons. The van der Waals surface area contributed by atoms with Crippen LogP contribution in [0.25, 0.3) is 0 Å². The first kappa shape index (κ1) is 15.7. The van der Waals surface area contributed by atoms with E-state index >= 15 is 0 Å². The van der Waals surface area contributed by atoms with E-state index in [9.17, 15) is 8.42 Å². The van der Waals surface area contributed by atoms with E-state index < -0.39 is 15.6 Å². The van der Waals surface area contributed by atoms with Gasteiger partial charge in [0.05, 0.1) is 11.5 Å². The number of sulfonamides is 1. The zero-order chi connectivity index (χ0) is 14.8. The first-order valence-corrected chi connectivity index (χ1v) is 8.23. The number of halogens is 1. The normalized spacial score (nSPS) is 18.9. The molecule has 1 aromatic rings. The summed E-state index contributed by atoms with van der Waals surface area (Å²) in [7, 11) is -3.64. The molecule has 1 heterocycles. The van der Waals surface area contributed by atoms with Gasteiger partial charge in [-0.1, -0.05) is 11.6 Å². The maximum Gasteiger partial charge on any atom is 0.241 e. The van der Waals surface area contributed by atoms with Gasteiger partial charge in [-0.25, -0.2) is 13.1 Å². The van der Waals surface area contributed by atoms with Crippen LogP contribution in [0.3, 0.4) is 0 Å². The van der Waals surface area contributed by atoms with Crippen molar-refractivity contribution in [1.82, 2.24) is 4.72 Å². The van der Waals surface area contributed by atoms with Crippen LogP contribution in [0.15, 0.2) is 23.1 Å². The number of nitrogens with one attached hydrogen (secondary N) is 1. The Balaban J connectivity index is 2.26. The Bertz CT molecular complexity index is 582. The largest absolute Gasteiger partial charge is 0.392 e. The van der Waals surface area contributed by atoms with Crippen LogP contribution in [-0.2, 0) is 21.4 Å². The molecule has 1 aromatic carbocycles. The van der Waals surface area contributed by atoms with Gasteiger partial charge in [-0.15, -0.1) is 0 Å². The summed E-state index contributed by atoms with van der Waals surface area (Å²) >= 11 is 5.87. The third-order valence-electron chi connectivity index (χ3n) is 3.47. The molecule has 1 aliphatic heterocycles. The van der Waals surface area contributed by atoms with Gasteiger partial charge in [-0.2, -0.15) is 0 Å². The summed E-state index contributed by atoms with van der Waals surface area (Å²) < 4.78 is 32.8. The van der Waals surface area contributed by atoms with E-state index in [0.717, 1.165) is 0 Å². The zero-order valence-corrected chi connectivity index (χ0v) is 12.8. The van der Waals surface area contributed by atoms with Crippen LogP contribution < -0.4 is 4.72 Å². The highest BCUT2D eigenvalue weighted by molar-refractivity contribution is 7.89. The van der Waals surface area contributed by atoms with Crippen molar-refractivity contribution in [3.8, 4) is 0 Å². The Kier molecular flexibility index (Phi) is 4.71. The smallest absolute Gasteiger partial charge is 0.241 e. The lowest BCUT2D eigenvalue weighted by Gasteiger charge is -2.34. The van der Waals surface area contributed by atoms with Gasteiger partial charge in [0.25, 0.3) is 0 Å². The lowest BCUT2D eigenvalue weighted by Crippen LogP contribution is -2.49. The summed E-state index contributed by atoms with van der Waals surface area (Å²) in [5, 5.41) is 9.52. The van der Waals surface area contributed by atoms with Crippen LogP contribution >= 0.6 is 11.6 Å².